The van der Waals surface area contributed by atoms with E-state index in [2.05, 4.69) is 0 Å². The number of esters is 3. The molecular formula is C25H43NO10. The SMILES string of the molecule is CON1C[C@@H](OC(C)(C)C)[C@H](OC(C)(C)C)[C@H]1C1COC(COC(C)=O)[C@@H](OC(C)=O)C1OC(C)=O. The van der Waals surface area contributed by atoms with Crippen LogP contribution < -0.4 is 0 Å². The van der Waals surface area contributed by atoms with Crippen LogP contribution in [0.5, 0.6) is 0 Å². The molecule has 0 saturated carbocycles. The molecule has 3 unspecified atom stereocenters. The third kappa shape index (κ3) is 8.65. The Morgan fingerprint density at radius 3 is 1.86 bits per heavy atom. The quantitative estimate of drug-likeness (QED) is 0.347. The van der Waals surface area contributed by atoms with Gasteiger partial charge in [-0.1, -0.05) is 0 Å². The molecule has 0 bridgehead atoms. The van der Waals surface area contributed by atoms with Crippen molar-refractivity contribution in [2.75, 3.05) is 26.9 Å². The molecule has 0 radical (unpaired) electrons. The van der Waals surface area contributed by atoms with Crippen LogP contribution in [0, 0.1) is 5.92 Å². The van der Waals surface area contributed by atoms with Crippen LogP contribution in [0.3, 0.4) is 0 Å². The summed E-state index contributed by atoms with van der Waals surface area (Å²) >= 11 is 0. The van der Waals surface area contributed by atoms with Gasteiger partial charge >= 0.3 is 17.9 Å². The van der Waals surface area contributed by atoms with E-state index in [1.807, 2.05) is 41.5 Å². The molecule has 0 aromatic carbocycles. The van der Waals surface area contributed by atoms with Crippen molar-refractivity contribution in [3.05, 3.63) is 0 Å². The molecule has 0 spiro atoms. The first-order valence-electron chi connectivity index (χ1n) is 12.3. The molecule has 0 amide bonds. The smallest absolute Gasteiger partial charge is 0.303 e. The summed E-state index contributed by atoms with van der Waals surface area (Å²) in [6.07, 6.45) is -3.60. The van der Waals surface area contributed by atoms with Crippen molar-refractivity contribution in [2.45, 2.75) is 110 Å². The van der Waals surface area contributed by atoms with Crippen LogP contribution in [0.4, 0.5) is 0 Å². The molecule has 0 aromatic heterocycles. The van der Waals surface area contributed by atoms with Gasteiger partial charge in [-0.15, -0.1) is 0 Å². The number of hydrogen-bond acceptors (Lipinski definition) is 11. The third-order valence-corrected chi connectivity index (χ3v) is 5.73. The summed E-state index contributed by atoms with van der Waals surface area (Å²) in [6, 6.07) is -0.473. The molecule has 2 saturated heterocycles. The maximum atomic E-state index is 12.2. The summed E-state index contributed by atoms with van der Waals surface area (Å²) in [6.45, 7) is 15.9. The molecule has 2 aliphatic heterocycles. The first kappa shape index (κ1) is 30.4. The first-order valence-corrected chi connectivity index (χ1v) is 12.3. The molecule has 2 rings (SSSR count). The maximum absolute atomic E-state index is 12.2. The lowest BCUT2D eigenvalue weighted by atomic mass is 9.83. The molecular weight excluding hydrogens is 474 g/mol. The van der Waals surface area contributed by atoms with E-state index in [-0.39, 0.29) is 19.3 Å². The second-order valence-electron chi connectivity index (χ2n) is 11.2. The maximum Gasteiger partial charge on any atom is 0.303 e. The van der Waals surface area contributed by atoms with Gasteiger partial charge in [0.1, 0.15) is 31.0 Å². The lowest BCUT2D eigenvalue weighted by Crippen LogP contribution is -2.61. The second kappa shape index (κ2) is 12.2. The Morgan fingerprint density at radius 2 is 1.39 bits per heavy atom. The van der Waals surface area contributed by atoms with Gasteiger partial charge in [0.25, 0.3) is 0 Å². The number of rotatable bonds is 8. The standard InChI is InChI=1S/C25H43NO10/c1-14(27)31-13-19-23(34-16(3)29)21(33-15(2)28)17(12-32-19)20-22(36-25(7,8)9)18(11-26(20)30-10)35-24(4,5)6/h17-23H,11-13H2,1-10H3/t17?,18-,19?,20-,21?,22+,23-/m1/s1. The Kier molecular flexibility index (Phi) is 10.3. The van der Waals surface area contributed by atoms with Crippen molar-refractivity contribution < 1.29 is 47.6 Å². The summed E-state index contributed by atoms with van der Waals surface area (Å²) in [4.78, 5) is 41.4. The van der Waals surface area contributed by atoms with E-state index in [0.717, 1.165) is 0 Å². The summed E-state index contributed by atoms with van der Waals surface area (Å²) < 4.78 is 35.4. The van der Waals surface area contributed by atoms with E-state index >= 15 is 0 Å². The van der Waals surface area contributed by atoms with Gasteiger partial charge < -0.3 is 33.3 Å². The van der Waals surface area contributed by atoms with Gasteiger partial charge in [-0.3, -0.25) is 14.4 Å². The number of nitrogens with zero attached hydrogens (tertiary/aromatic N) is 1. The minimum atomic E-state index is -1.01. The zero-order valence-corrected chi connectivity index (χ0v) is 23.2. The largest absolute Gasteiger partial charge is 0.463 e. The van der Waals surface area contributed by atoms with Gasteiger partial charge in [0, 0.05) is 26.7 Å². The molecule has 0 aliphatic carbocycles. The molecule has 208 valence electrons. The van der Waals surface area contributed by atoms with Crippen molar-refractivity contribution in [1.29, 1.82) is 0 Å². The zero-order valence-electron chi connectivity index (χ0n) is 23.2. The van der Waals surface area contributed by atoms with Crippen molar-refractivity contribution in [3.63, 3.8) is 0 Å². The van der Waals surface area contributed by atoms with Gasteiger partial charge in [0.2, 0.25) is 0 Å². The minimum absolute atomic E-state index is 0.110. The highest BCUT2D eigenvalue weighted by Gasteiger charge is 2.57. The van der Waals surface area contributed by atoms with Crippen LogP contribution in [0.2, 0.25) is 0 Å². The third-order valence-electron chi connectivity index (χ3n) is 5.73. The fourth-order valence-corrected chi connectivity index (χ4v) is 4.75. The van der Waals surface area contributed by atoms with Crippen LogP contribution in [-0.2, 0) is 47.6 Å². The lowest BCUT2D eigenvalue weighted by molar-refractivity contribution is -0.247. The highest BCUT2D eigenvalue weighted by Crippen LogP contribution is 2.39. The van der Waals surface area contributed by atoms with Crippen LogP contribution in [0.1, 0.15) is 62.3 Å². The molecule has 11 nitrogen and oxygen atoms in total. The van der Waals surface area contributed by atoms with E-state index in [4.69, 9.17) is 33.3 Å². The predicted molar refractivity (Wildman–Crippen MR) is 128 cm³/mol. The monoisotopic (exact) mass is 517 g/mol. The Labute approximate surface area is 213 Å². The average molecular weight is 518 g/mol. The predicted octanol–water partition coefficient (Wildman–Crippen LogP) is 2.04. The number of hydroxylamine groups is 2. The van der Waals surface area contributed by atoms with Crippen LogP contribution >= 0.6 is 0 Å². The van der Waals surface area contributed by atoms with Gasteiger partial charge in [-0.05, 0) is 41.5 Å². The topological polar surface area (TPSA) is 119 Å². The van der Waals surface area contributed by atoms with Crippen molar-refractivity contribution in [3.8, 4) is 0 Å². The number of ether oxygens (including phenoxy) is 6. The Balaban J connectivity index is 2.51. The lowest BCUT2D eigenvalue weighted by Gasteiger charge is -2.46. The van der Waals surface area contributed by atoms with E-state index in [0.29, 0.717) is 6.54 Å². The summed E-state index contributed by atoms with van der Waals surface area (Å²) in [5, 5.41) is 1.74. The van der Waals surface area contributed by atoms with Crippen molar-refractivity contribution in [2.24, 2.45) is 5.92 Å². The Morgan fingerprint density at radius 1 is 0.833 bits per heavy atom. The molecule has 0 N–H and O–H groups in total. The van der Waals surface area contributed by atoms with Crippen molar-refractivity contribution in [1.82, 2.24) is 5.06 Å². The fraction of sp³-hybridized carbons (Fsp3) is 0.880. The second-order valence-corrected chi connectivity index (χ2v) is 11.2. The summed E-state index contributed by atoms with van der Waals surface area (Å²) in [5.41, 5.74) is -0.974. The van der Waals surface area contributed by atoms with Gasteiger partial charge in [-0.2, -0.15) is 5.06 Å². The molecule has 2 heterocycles. The van der Waals surface area contributed by atoms with E-state index in [9.17, 15) is 14.4 Å². The van der Waals surface area contributed by atoms with E-state index in [1.165, 1.54) is 20.8 Å². The normalized spacial score (nSPS) is 31.7. The zero-order chi connectivity index (χ0) is 27.4. The van der Waals surface area contributed by atoms with Crippen LogP contribution in [0.15, 0.2) is 0 Å². The van der Waals surface area contributed by atoms with Gasteiger partial charge in [-0.25, -0.2) is 0 Å². The van der Waals surface area contributed by atoms with Gasteiger partial charge in [0.15, 0.2) is 6.10 Å². The number of carbonyl (C=O) groups excluding carboxylic acids is 3. The highest BCUT2D eigenvalue weighted by atomic mass is 16.7. The highest BCUT2D eigenvalue weighted by molar-refractivity contribution is 5.67. The average Bonchev–Trinajstić information content (AvgIpc) is 3.01. The molecule has 2 aliphatic rings. The number of hydrogen-bond donors (Lipinski definition) is 0. The summed E-state index contributed by atoms with van der Waals surface area (Å²) in [7, 11) is 1.55. The Hall–Kier alpha value is -1.79. The van der Waals surface area contributed by atoms with Crippen molar-refractivity contribution >= 4 is 17.9 Å². The fourth-order valence-electron chi connectivity index (χ4n) is 4.75. The van der Waals surface area contributed by atoms with Gasteiger partial charge in [0.05, 0.1) is 37.5 Å². The first-order chi connectivity index (χ1) is 16.5. The van der Waals surface area contributed by atoms with Crippen LogP contribution in [0.25, 0.3) is 0 Å². The number of carbonyl (C=O) groups is 3. The van der Waals surface area contributed by atoms with E-state index < -0.39 is 65.5 Å². The summed E-state index contributed by atoms with van der Waals surface area (Å²) in [5.74, 6) is -2.16. The molecule has 11 heteroatoms. The van der Waals surface area contributed by atoms with E-state index in [1.54, 1.807) is 12.2 Å². The molecule has 7 atom stereocenters. The molecule has 0 aromatic rings. The Bertz CT molecular complexity index is 774. The minimum Gasteiger partial charge on any atom is -0.463 e. The molecule has 36 heavy (non-hydrogen) atoms. The van der Waals surface area contributed by atoms with Crippen LogP contribution in [-0.4, -0.2) is 97.6 Å². The molecule has 2 fully saturated rings.